The van der Waals surface area contributed by atoms with E-state index in [2.05, 4.69) is 5.32 Å². The van der Waals surface area contributed by atoms with Gasteiger partial charge in [0.05, 0.1) is 6.42 Å². The van der Waals surface area contributed by atoms with Crippen LogP contribution in [0.5, 0.6) is 11.5 Å². The van der Waals surface area contributed by atoms with Gasteiger partial charge < -0.3 is 10.1 Å². The number of ether oxygens (including phenoxy) is 1. The Morgan fingerprint density at radius 3 is 2.17 bits per heavy atom. The first kappa shape index (κ1) is 14.9. The van der Waals surface area contributed by atoms with Gasteiger partial charge in [0.2, 0.25) is 5.91 Å². The van der Waals surface area contributed by atoms with Crippen LogP contribution in [0, 0.1) is 0 Å². The molecule has 0 bridgehead atoms. The van der Waals surface area contributed by atoms with E-state index in [-0.39, 0.29) is 5.91 Å². The molecule has 0 saturated carbocycles. The topological polar surface area (TPSA) is 38.3 Å². The second-order valence-corrected chi connectivity index (χ2v) is 5.15. The number of para-hydroxylation sites is 2. The van der Waals surface area contributed by atoms with Crippen molar-refractivity contribution in [1.29, 1.82) is 0 Å². The monoisotopic (exact) mass is 303 g/mol. The molecule has 3 nitrogen and oxygen atoms in total. The molecule has 1 N–H and O–H groups in total. The van der Waals surface area contributed by atoms with Gasteiger partial charge in [0.15, 0.2) is 0 Å². The van der Waals surface area contributed by atoms with E-state index in [1.54, 1.807) is 0 Å². The standard InChI is InChI=1S/C20H17NO2/c22-20(21-17-9-3-1-4-10-17)15-16-8-7-13-19(14-16)23-18-11-5-2-6-12-18/h1-14H,15H2,(H,21,22). The van der Waals surface area contributed by atoms with E-state index in [0.29, 0.717) is 6.42 Å². The maximum Gasteiger partial charge on any atom is 0.228 e. The molecule has 3 aromatic carbocycles. The average molecular weight is 303 g/mol. The van der Waals surface area contributed by atoms with Crippen molar-refractivity contribution in [2.75, 3.05) is 5.32 Å². The molecule has 3 rings (SSSR count). The lowest BCUT2D eigenvalue weighted by molar-refractivity contribution is -0.115. The van der Waals surface area contributed by atoms with Gasteiger partial charge in [-0.3, -0.25) is 4.79 Å². The average Bonchev–Trinajstić information content (AvgIpc) is 2.57. The van der Waals surface area contributed by atoms with E-state index in [1.165, 1.54) is 0 Å². The maximum absolute atomic E-state index is 12.1. The Kier molecular flexibility index (Phi) is 4.69. The van der Waals surface area contributed by atoms with Crippen LogP contribution in [0.15, 0.2) is 84.9 Å². The molecule has 3 heteroatoms. The van der Waals surface area contributed by atoms with Crippen LogP contribution < -0.4 is 10.1 Å². The van der Waals surface area contributed by atoms with Crippen LogP contribution in [0.2, 0.25) is 0 Å². The van der Waals surface area contributed by atoms with Crippen LogP contribution in [0.1, 0.15) is 5.56 Å². The molecule has 0 saturated heterocycles. The smallest absolute Gasteiger partial charge is 0.228 e. The minimum atomic E-state index is -0.0481. The molecule has 0 aromatic heterocycles. The van der Waals surface area contributed by atoms with Crippen molar-refractivity contribution in [2.24, 2.45) is 0 Å². The first-order chi connectivity index (χ1) is 11.3. The number of amides is 1. The molecule has 0 aliphatic carbocycles. The third-order valence-corrected chi connectivity index (χ3v) is 3.30. The zero-order chi connectivity index (χ0) is 15.9. The molecular formula is C20H17NO2. The first-order valence-electron chi connectivity index (χ1n) is 7.46. The van der Waals surface area contributed by atoms with E-state index >= 15 is 0 Å². The van der Waals surface area contributed by atoms with E-state index in [1.807, 2.05) is 84.9 Å². The van der Waals surface area contributed by atoms with Crippen molar-refractivity contribution >= 4 is 11.6 Å². The summed E-state index contributed by atoms with van der Waals surface area (Å²) in [5, 5.41) is 2.88. The Hall–Kier alpha value is -3.07. The molecule has 23 heavy (non-hydrogen) atoms. The summed E-state index contributed by atoms with van der Waals surface area (Å²) in [4.78, 5) is 12.1. The fourth-order valence-electron chi connectivity index (χ4n) is 2.26. The Morgan fingerprint density at radius 1 is 0.783 bits per heavy atom. The van der Waals surface area contributed by atoms with Crippen LogP contribution in [-0.4, -0.2) is 5.91 Å². The van der Waals surface area contributed by atoms with E-state index in [4.69, 9.17) is 4.74 Å². The normalized spacial score (nSPS) is 10.1. The van der Waals surface area contributed by atoms with Crippen LogP contribution in [0.25, 0.3) is 0 Å². The summed E-state index contributed by atoms with van der Waals surface area (Å²) in [6.45, 7) is 0. The Labute approximate surface area is 135 Å². The highest BCUT2D eigenvalue weighted by Crippen LogP contribution is 2.22. The van der Waals surface area contributed by atoms with Crippen LogP contribution >= 0.6 is 0 Å². The van der Waals surface area contributed by atoms with Crippen LogP contribution in [-0.2, 0) is 11.2 Å². The number of anilines is 1. The fourth-order valence-corrected chi connectivity index (χ4v) is 2.26. The van der Waals surface area contributed by atoms with E-state index in [0.717, 1.165) is 22.7 Å². The summed E-state index contributed by atoms with van der Waals surface area (Å²) in [5.74, 6) is 1.45. The first-order valence-corrected chi connectivity index (χ1v) is 7.46. The maximum atomic E-state index is 12.1. The Bertz CT molecular complexity index is 770. The Morgan fingerprint density at radius 2 is 1.43 bits per heavy atom. The second-order valence-electron chi connectivity index (χ2n) is 5.15. The lowest BCUT2D eigenvalue weighted by Gasteiger charge is -2.08. The highest BCUT2D eigenvalue weighted by atomic mass is 16.5. The summed E-state index contributed by atoms with van der Waals surface area (Å²) in [5.41, 5.74) is 1.71. The molecule has 1 amide bonds. The SMILES string of the molecule is O=C(Cc1cccc(Oc2ccccc2)c1)Nc1ccccc1. The highest BCUT2D eigenvalue weighted by molar-refractivity contribution is 5.92. The number of rotatable bonds is 5. The quantitative estimate of drug-likeness (QED) is 0.744. The number of carbonyl (C=O) groups is 1. The Balaban J connectivity index is 1.64. The second kappa shape index (κ2) is 7.27. The van der Waals surface area contributed by atoms with Gasteiger partial charge in [0.1, 0.15) is 11.5 Å². The molecule has 0 spiro atoms. The predicted molar refractivity (Wildman–Crippen MR) is 91.7 cm³/mol. The van der Waals surface area contributed by atoms with Gasteiger partial charge in [-0.05, 0) is 42.0 Å². The number of hydrogen-bond acceptors (Lipinski definition) is 2. The molecule has 3 aromatic rings. The zero-order valence-corrected chi connectivity index (χ0v) is 12.6. The summed E-state index contributed by atoms with van der Waals surface area (Å²) in [6, 6.07) is 26.6. The minimum absolute atomic E-state index is 0.0481. The molecule has 114 valence electrons. The minimum Gasteiger partial charge on any atom is -0.457 e. The lowest BCUT2D eigenvalue weighted by atomic mass is 10.1. The lowest BCUT2D eigenvalue weighted by Crippen LogP contribution is -2.14. The molecule has 0 fully saturated rings. The van der Waals surface area contributed by atoms with Crippen LogP contribution in [0.3, 0.4) is 0 Å². The molecule has 0 aliphatic heterocycles. The van der Waals surface area contributed by atoms with Crippen molar-refractivity contribution in [3.8, 4) is 11.5 Å². The number of hydrogen-bond donors (Lipinski definition) is 1. The largest absolute Gasteiger partial charge is 0.457 e. The van der Waals surface area contributed by atoms with Crippen molar-refractivity contribution in [1.82, 2.24) is 0 Å². The van der Waals surface area contributed by atoms with Crippen molar-refractivity contribution < 1.29 is 9.53 Å². The van der Waals surface area contributed by atoms with Gasteiger partial charge in [-0.25, -0.2) is 0 Å². The predicted octanol–water partition coefficient (Wildman–Crippen LogP) is 4.66. The molecule has 0 heterocycles. The van der Waals surface area contributed by atoms with Gasteiger partial charge >= 0.3 is 0 Å². The van der Waals surface area contributed by atoms with Gasteiger partial charge in [-0.15, -0.1) is 0 Å². The molecule has 0 atom stereocenters. The molecule has 0 unspecified atom stereocenters. The van der Waals surface area contributed by atoms with Crippen molar-refractivity contribution in [3.63, 3.8) is 0 Å². The van der Waals surface area contributed by atoms with E-state index < -0.39 is 0 Å². The summed E-state index contributed by atoms with van der Waals surface area (Å²) < 4.78 is 5.79. The van der Waals surface area contributed by atoms with Crippen LogP contribution in [0.4, 0.5) is 5.69 Å². The summed E-state index contributed by atoms with van der Waals surface area (Å²) in [7, 11) is 0. The van der Waals surface area contributed by atoms with Gasteiger partial charge in [0.25, 0.3) is 0 Å². The molecule has 0 radical (unpaired) electrons. The zero-order valence-electron chi connectivity index (χ0n) is 12.6. The summed E-state index contributed by atoms with van der Waals surface area (Å²) in [6.07, 6.45) is 0.306. The van der Waals surface area contributed by atoms with E-state index in [9.17, 15) is 4.79 Å². The fraction of sp³-hybridized carbons (Fsp3) is 0.0500. The third kappa shape index (κ3) is 4.45. The van der Waals surface area contributed by atoms with Crippen molar-refractivity contribution in [3.05, 3.63) is 90.5 Å². The van der Waals surface area contributed by atoms with Crippen molar-refractivity contribution in [2.45, 2.75) is 6.42 Å². The number of benzene rings is 3. The number of carbonyl (C=O) groups excluding carboxylic acids is 1. The third-order valence-electron chi connectivity index (χ3n) is 3.30. The van der Waals surface area contributed by atoms with Gasteiger partial charge in [-0.2, -0.15) is 0 Å². The highest BCUT2D eigenvalue weighted by Gasteiger charge is 2.05. The van der Waals surface area contributed by atoms with Gasteiger partial charge in [-0.1, -0.05) is 48.5 Å². The summed E-state index contributed by atoms with van der Waals surface area (Å²) >= 11 is 0. The van der Waals surface area contributed by atoms with Gasteiger partial charge in [0, 0.05) is 5.69 Å². The molecule has 0 aliphatic rings. The molecular weight excluding hydrogens is 286 g/mol. The number of nitrogens with one attached hydrogen (secondary N) is 1.